The van der Waals surface area contributed by atoms with Crippen molar-refractivity contribution in [1.82, 2.24) is 0 Å². The van der Waals surface area contributed by atoms with Gasteiger partial charge in [-0.3, -0.25) is 0 Å². The van der Waals surface area contributed by atoms with Crippen LogP contribution in [0, 0.1) is 23.5 Å². The normalized spacial score (nSPS) is 23.7. The third-order valence-electron chi connectivity index (χ3n) is 3.15. The highest BCUT2D eigenvalue weighted by Crippen LogP contribution is 2.55. The predicted molar refractivity (Wildman–Crippen MR) is 63.2 cm³/mol. The molecule has 0 aromatic heterocycles. The second kappa shape index (κ2) is 5.42. The van der Waals surface area contributed by atoms with Crippen LogP contribution < -0.4 is 5.73 Å². The van der Waals surface area contributed by atoms with Gasteiger partial charge >= 0.3 is 6.18 Å². The van der Waals surface area contributed by atoms with Crippen LogP contribution in [0.15, 0.2) is 12.1 Å². The van der Waals surface area contributed by atoms with Crippen LogP contribution in [0.5, 0.6) is 0 Å². The van der Waals surface area contributed by atoms with Crippen LogP contribution in [-0.4, -0.2) is 6.18 Å². The molecule has 1 unspecified atom stereocenters. The molecule has 1 aliphatic carbocycles. The molecule has 1 saturated carbocycles. The van der Waals surface area contributed by atoms with Gasteiger partial charge in [-0.2, -0.15) is 13.2 Å². The van der Waals surface area contributed by atoms with E-state index in [0.29, 0.717) is 0 Å². The number of halogens is 7. The average molecular weight is 322 g/mol. The van der Waals surface area contributed by atoms with E-state index >= 15 is 0 Å². The molecule has 2 N–H and O–H groups in total. The molecule has 0 heterocycles. The largest absolute Gasteiger partial charge is 0.392 e. The SMILES string of the molecule is Cl.NC(c1ccc(F)c(Cl)c1F)[C@@H]1C[C@H]1C(F)(F)F. The van der Waals surface area contributed by atoms with Crippen molar-refractivity contribution in [2.75, 3.05) is 0 Å². The maximum Gasteiger partial charge on any atom is 0.392 e. The molecule has 0 saturated heterocycles. The second-order valence-corrected chi connectivity index (χ2v) is 4.72. The van der Waals surface area contributed by atoms with Crippen LogP contribution >= 0.6 is 24.0 Å². The minimum Gasteiger partial charge on any atom is -0.324 e. The number of benzene rings is 1. The third kappa shape index (κ3) is 3.12. The fourth-order valence-corrected chi connectivity index (χ4v) is 2.19. The Kier molecular flexibility index (Phi) is 4.70. The van der Waals surface area contributed by atoms with Crippen LogP contribution in [0.4, 0.5) is 22.0 Å². The van der Waals surface area contributed by atoms with Gasteiger partial charge in [0.15, 0.2) is 0 Å². The molecule has 3 atom stereocenters. The molecule has 1 nitrogen and oxygen atoms in total. The van der Waals surface area contributed by atoms with Crippen molar-refractivity contribution < 1.29 is 22.0 Å². The summed E-state index contributed by atoms with van der Waals surface area (Å²) in [5.74, 6) is -4.44. The van der Waals surface area contributed by atoms with Crippen molar-refractivity contribution in [3.63, 3.8) is 0 Å². The van der Waals surface area contributed by atoms with E-state index in [9.17, 15) is 22.0 Å². The van der Waals surface area contributed by atoms with Crippen LogP contribution in [-0.2, 0) is 0 Å². The van der Waals surface area contributed by atoms with Gasteiger partial charge in [-0.1, -0.05) is 17.7 Å². The summed E-state index contributed by atoms with van der Waals surface area (Å²) in [5.41, 5.74) is 5.40. The van der Waals surface area contributed by atoms with Crippen molar-refractivity contribution in [3.05, 3.63) is 34.4 Å². The minimum absolute atomic E-state index is 0. The smallest absolute Gasteiger partial charge is 0.324 e. The Morgan fingerprint density at radius 3 is 2.32 bits per heavy atom. The Morgan fingerprint density at radius 1 is 1.26 bits per heavy atom. The van der Waals surface area contributed by atoms with Gasteiger partial charge in [0.25, 0.3) is 0 Å². The van der Waals surface area contributed by atoms with Gasteiger partial charge in [-0.05, 0) is 18.4 Å². The summed E-state index contributed by atoms with van der Waals surface area (Å²) in [5, 5.41) is -0.743. The Balaban J connectivity index is 0.00000180. The summed E-state index contributed by atoms with van der Waals surface area (Å²) in [6, 6.07) is 0.799. The summed E-state index contributed by atoms with van der Waals surface area (Å²) in [7, 11) is 0. The summed E-state index contributed by atoms with van der Waals surface area (Å²) in [6.07, 6.45) is -4.47. The Hall–Kier alpha value is -0.590. The van der Waals surface area contributed by atoms with Gasteiger partial charge in [0.05, 0.1) is 5.92 Å². The van der Waals surface area contributed by atoms with Crippen LogP contribution in [0.1, 0.15) is 18.0 Å². The lowest BCUT2D eigenvalue weighted by Gasteiger charge is -2.14. The average Bonchev–Trinajstić information content (AvgIpc) is 3.04. The van der Waals surface area contributed by atoms with E-state index in [0.717, 1.165) is 12.1 Å². The molecule has 1 fully saturated rings. The standard InChI is InChI=1S/C11H9ClF5N.ClH/c12-8-7(13)2-1-4(9(8)14)10(18)5-3-6(5)11(15,16)17;/h1-2,5-6,10H,3,18H2;1H/t5-,6-,10?;/m1./s1. The van der Waals surface area contributed by atoms with Crippen molar-refractivity contribution in [3.8, 4) is 0 Å². The molecule has 108 valence electrons. The fraction of sp³-hybridized carbons (Fsp3) is 0.455. The van der Waals surface area contributed by atoms with E-state index in [4.69, 9.17) is 17.3 Å². The van der Waals surface area contributed by atoms with Gasteiger partial charge in [0.1, 0.15) is 16.7 Å². The molecule has 0 spiro atoms. The van der Waals surface area contributed by atoms with Crippen LogP contribution in [0.2, 0.25) is 5.02 Å². The van der Waals surface area contributed by atoms with E-state index in [-0.39, 0.29) is 24.4 Å². The minimum atomic E-state index is -4.33. The molecule has 1 aromatic carbocycles. The third-order valence-corrected chi connectivity index (χ3v) is 3.49. The fourth-order valence-electron chi connectivity index (χ4n) is 2.02. The molecule has 8 heteroatoms. The summed E-state index contributed by atoms with van der Waals surface area (Å²) in [4.78, 5) is 0. The second-order valence-electron chi connectivity index (χ2n) is 4.34. The lowest BCUT2D eigenvalue weighted by atomic mass is 10.0. The highest BCUT2D eigenvalue weighted by Gasteiger charge is 2.58. The first-order valence-electron chi connectivity index (χ1n) is 5.19. The summed E-state index contributed by atoms with van der Waals surface area (Å²) >= 11 is 5.35. The molecular weight excluding hydrogens is 312 g/mol. The highest BCUT2D eigenvalue weighted by molar-refractivity contribution is 6.30. The van der Waals surface area contributed by atoms with Gasteiger partial charge in [0.2, 0.25) is 0 Å². The Morgan fingerprint density at radius 2 is 1.84 bits per heavy atom. The highest BCUT2D eigenvalue weighted by atomic mass is 35.5. The van der Waals surface area contributed by atoms with Gasteiger partial charge in [0, 0.05) is 11.6 Å². The van der Waals surface area contributed by atoms with Crippen LogP contribution in [0.3, 0.4) is 0 Å². The van der Waals surface area contributed by atoms with Crippen LogP contribution in [0.25, 0.3) is 0 Å². The molecule has 0 amide bonds. The van der Waals surface area contributed by atoms with E-state index in [1.54, 1.807) is 0 Å². The number of hydrogen-bond donors (Lipinski definition) is 1. The van der Waals surface area contributed by atoms with E-state index in [2.05, 4.69) is 0 Å². The van der Waals surface area contributed by atoms with Crippen molar-refractivity contribution >= 4 is 24.0 Å². The van der Waals surface area contributed by atoms with Crippen molar-refractivity contribution in [2.24, 2.45) is 17.6 Å². The summed E-state index contributed by atoms with van der Waals surface area (Å²) < 4.78 is 63.6. The van der Waals surface area contributed by atoms with Crippen molar-refractivity contribution in [1.29, 1.82) is 0 Å². The number of hydrogen-bond acceptors (Lipinski definition) is 1. The van der Waals surface area contributed by atoms with E-state index < -0.39 is 40.7 Å². The topological polar surface area (TPSA) is 26.0 Å². The first-order valence-corrected chi connectivity index (χ1v) is 5.57. The monoisotopic (exact) mass is 321 g/mol. The molecule has 0 radical (unpaired) electrons. The maximum atomic E-state index is 13.6. The lowest BCUT2D eigenvalue weighted by Crippen LogP contribution is -2.20. The molecule has 2 rings (SSSR count). The maximum absolute atomic E-state index is 13.6. The van der Waals surface area contributed by atoms with Gasteiger partial charge < -0.3 is 5.73 Å². The lowest BCUT2D eigenvalue weighted by molar-refractivity contribution is -0.151. The Bertz CT molecular complexity index is 477. The first-order chi connectivity index (χ1) is 8.23. The zero-order valence-electron chi connectivity index (χ0n) is 9.35. The summed E-state index contributed by atoms with van der Waals surface area (Å²) in [6.45, 7) is 0. The van der Waals surface area contributed by atoms with Gasteiger partial charge in [-0.15, -0.1) is 12.4 Å². The molecule has 1 aromatic rings. The zero-order chi connectivity index (χ0) is 13.7. The molecule has 0 aliphatic heterocycles. The quantitative estimate of drug-likeness (QED) is 0.640. The molecule has 0 bridgehead atoms. The van der Waals surface area contributed by atoms with Crippen molar-refractivity contribution in [2.45, 2.75) is 18.6 Å². The van der Waals surface area contributed by atoms with E-state index in [1.165, 1.54) is 0 Å². The first kappa shape index (κ1) is 16.5. The zero-order valence-corrected chi connectivity index (χ0v) is 10.9. The van der Waals surface area contributed by atoms with Gasteiger partial charge in [-0.25, -0.2) is 8.78 Å². The number of rotatable bonds is 2. The molecule has 1 aliphatic rings. The predicted octanol–water partition coefficient (Wildman–Crippen LogP) is 4.24. The number of nitrogens with two attached hydrogens (primary N) is 1. The molecule has 19 heavy (non-hydrogen) atoms. The van der Waals surface area contributed by atoms with E-state index in [1.807, 2.05) is 0 Å². The Labute approximate surface area is 117 Å². The number of alkyl halides is 3. The molecular formula is C11H10Cl2F5N.